The van der Waals surface area contributed by atoms with Crippen LogP contribution in [-0.4, -0.2) is 44.1 Å². The number of nitrogens with two attached hydrogens (primary N) is 1. The van der Waals surface area contributed by atoms with Crippen LogP contribution in [0.5, 0.6) is 5.75 Å². The van der Waals surface area contributed by atoms with Gasteiger partial charge in [0, 0.05) is 24.7 Å². The summed E-state index contributed by atoms with van der Waals surface area (Å²) in [4.78, 5) is 14.2. The predicted octanol–water partition coefficient (Wildman–Crippen LogP) is 1.74. The largest absolute Gasteiger partial charge is 0.495 e. The van der Waals surface area contributed by atoms with Gasteiger partial charge in [0.25, 0.3) is 5.91 Å². The highest BCUT2D eigenvalue weighted by molar-refractivity contribution is 5.95. The Balaban J connectivity index is 2.49. The second kappa shape index (κ2) is 7.75. The number of likely N-dealkylation sites (N-methyl/N-ethyl adjacent to an activating group) is 1. The minimum Gasteiger partial charge on any atom is -0.495 e. The number of nitrogens with zero attached hydrogens (tertiary/aromatic N) is 1. The molecular formula is C15H25N3O2. The van der Waals surface area contributed by atoms with Crippen LogP contribution in [0.4, 0.5) is 5.69 Å². The molecule has 0 saturated carbocycles. The van der Waals surface area contributed by atoms with Crippen molar-refractivity contribution >= 4 is 11.6 Å². The van der Waals surface area contributed by atoms with Crippen molar-refractivity contribution in [2.24, 2.45) is 0 Å². The topological polar surface area (TPSA) is 67.6 Å². The van der Waals surface area contributed by atoms with Crippen molar-refractivity contribution in [3.05, 3.63) is 23.8 Å². The smallest absolute Gasteiger partial charge is 0.251 e. The van der Waals surface area contributed by atoms with Crippen molar-refractivity contribution in [2.75, 3.05) is 33.0 Å². The van der Waals surface area contributed by atoms with E-state index in [0.717, 1.165) is 13.0 Å². The molecule has 1 amide bonds. The summed E-state index contributed by atoms with van der Waals surface area (Å²) in [6, 6.07) is 5.56. The molecule has 0 radical (unpaired) electrons. The Kier molecular flexibility index (Phi) is 6.31. The second-order valence-electron chi connectivity index (χ2n) is 4.95. The summed E-state index contributed by atoms with van der Waals surface area (Å²) in [5, 5.41) is 2.90. The molecule has 0 fully saturated rings. The summed E-state index contributed by atoms with van der Waals surface area (Å²) in [7, 11) is 3.61. The van der Waals surface area contributed by atoms with Gasteiger partial charge in [0.1, 0.15) is 5.75 Å². The molecule has 0 heterocycles. The molecule has 1 aromatic carbocycles. The monoisotopic (exact) mass is 279 g/mol. The average molecular weight is 279 g/mol. The third kappa shape index (κ3) is 4.42. The van der Waals surface area contributed by atoms with Crippen LogP contribution in [0.3, 0.4) is 0 Å². The van der Waals surface area contributed by atoms with Crippen molar-refractivity contribution in [2.45, 2.75) is 26.3 Å². The zero-order chi connectivity index (χ0) is 15.1. The lowest BCUT2D eigenvalue weighted by atomic mass is 10.1. The zero-order valence-corrected chi connectivity index (χ0v) is 12.8. The molecule has 0 aromatic heterocycles. The van der Waals surface area contributed by atoms with Crippen LogP contribution >= 0.6 is 0 Å². The first kappa shape index (κ1) is 16.3. The minimum atomic E-state index is -0.114. The van der Waals surface area contributed by atoms with Gasteiger partial charge in [0.15, 0.2) is 0 Å². The third-order valence-corrected chi connectivity index (χ3v) is 3.59. The van der Waals surface area contributed by atoms with Gasteiger partial charge >= 0.3 is 0 Å². The van der Waals surface area contributed by atoms with Crippen molar-refractivity contribution in [1.82, 2.24) is 10.2 Å². The molecule has 0 aliphatic carbocycles. The summed E-state index contributed by atoms with van der Waals surface area (Å²) in [5.41, 5.74) is 6.81. The van der Waals surface area contributed by atoms with Crippen LogP contribution in [0.2, 0.25) is 0 Å². The number of methoxy groups -OCH3 is 1. The summed E-state index contributed by atoms with van der Waals surface area (Å²) in [5.74, 6) is 0.468. The SMILES string of the molecule is CCC(C)N(C)CCNC(=O)c1ccc(OC)c(N)c1. The highest BCUT2D eigenvalue weighted by Gasteiger charge is 2.10. The highest BCUT2D eigenvalue weighted by Crippen LogP contribution is 2.21. The Labute approximate surface area is 121 Å². The van der Waals surface area contributed by atoms with Crippen molar-refractivity contribution < 1.29 is 9.53 Å². The average Bonchev–Trinajstić information content (AvgIpc) is 2.45. The molecule has 112 valence electrons. The van der Waals surface area contributed by atoms with E-state index >= 15 is 0 Å². The number of benzene rings is 1. The lowest BCUT2D eigenvalue weighted by Crippen LogP contribution is -2.37. The lowest BCUT2D eigenvalue weighted by Gasteiger charge is -2.23. The number of amides is 1. The first-order valence-electron chi connectivity index (χ1n) is 6.91. The molecule has 3 N–H and O–H groups in total. The molecule has 5 heteroatoms. The summed E-state index contributed by atoms with van der Waals surface area (Å²) < 4.78 is 5.07. The van der Waals surface area contributed by atoms with Gasteiger partial charge in [-0.2, -0.15) is 0 Å². The molecular weight excluding hydrogens is 254 g/mol. The van der Waals surface area contributed by atoms with E-state index < -0.39 is 0 Å². The number of nitrogens with one attached hydrogen (secondary N) is 1. The number of hydrogen-bond donors (Lipinski definition) is 2. The van der Waals surface area contributed by atoms with Gasteiger partial charge in [0.2, 0.25) is 0 Å². The van der Waals surface area contributed by atoms with E-state index in [1.807, 2.05) is 0 Å². The van der Waals surface area contributed by atoms with Gasteiger partial charge in [-0.05, 0) is 38.6 Å². The fraction of sp³-hybridized carbons (Fsp3) is 0.533. The summed E-state index contributed by atoms with van der Waals surface area (Å²) in [6.45, 7) is 5.77. The summed E-state index contributed by atoms with van der Waals surface area (Å²) >= 11 is 0. The molecule has 20 heavy (non-hydrogen) atoms. The zero-order valence-electron chi connectivity index (χ0n) is 12.8. The van der Waals surface area contributed by atoms with Gasteiger partial charge in [-0.15, -0.1) is 0 Å². The number of ether oxygens (including phenoxy) is 1. The van der Waals surface area contributed by atoms with E-state index in [-0.39, 0.29) is 5.91 Å². The first-order chi connectivity index (χ1) is 9.49. The number of hydrogen-bond acceptors (Lipinski definition) is 4. The van der Waals surface area contributed by atoms with Crippen LogP contribution in [0, 0.1) is 0 Å². The van der Waals surface area contributed by atoms with Gasteiger partial charge in [-0.3, -0.25) is 4.79 Å². The molecule has 1 atom stereocenters. The van der Waals surface area contributed by atoms with Crippen LogP contribution in [-0.2, 0) is 0 Å². The quantitative estimate of drug-likeness (QED) is 0.746. The van der Waals surface area contributed by atoms with E-state index in [9.17, 15) is 4.79 Å². The van der Waals surface area contributed by atoms with Crippen molar-refractivity contribution in [3.63, 3.8) is 0 Å². The van der Waals surface area contributed by atoms with Crippen LogP contribution < -0.4 is 15.8 Å². The molecule has 0 aliphatic rings. The van der Waals surface area contributed by atoms with Crippen LogP contribution in [0.1, 0.15) is 30.6 Å². The summed E-state index contributed by atoms with van der Waals surface area (Å²) in [6.07, 6.45) is 1.10. The van der Waals surface area contributed by atoms with Crippen LogP contribution in [0.15, 0.2) is 18.2 Å². The Morgan fingerprint density at radius 3 is 2.75 bits per heavy atom. The van der Waals surface area contributed by atoms with E-state index in [1.165, 1.54) is 0 Å². The third-order valence-electron chi connectivity index (χ3n) is 3.59. The fourth-order valence-corrected chi connectivity index (χ4v) is 1.86. The normalized spacial score (nSPS) is 12.2. The Morgan fingerprint density at radius 1 is 1.50 bits per heavy atom. The number of carbonyl (C=O) groups excluding carboxylic acids is 1. The van der Waals surface area contributed by atoms with E-state index in [0.29, 0.717) is 29.6 Å². The van der Waals surface area contributed by atoms with E-state index in [2.05, 4.69) is 31.1 Å². The fourth-order valence-electron chi connectivity index (χ4n) is 1.86. The lowest BCUT2D eigenvalue weighted by molar-refractivity contribution is 0.0947. The van der Waals surface area contributed by atoms with Gasteiger partial charge in [-0.1, -0.05) is 6.92 Å². The highest BCUT2D eigenvalue weighted by atomic mass is 16.5. The minimum absolute atomic E-state index is 0.114. The maximum atomic E-state index is 12.0. The molecule has 5 nitrogen and oxygen atoms in total. The van der Waals surface area contributed by atoms with Gasteiger partial charge in [0.05, 0.1) is 12.8 Å². The molecule has 1 unspecified atom stereocenters. The number of carbonyl (C=O) groups is 1. The standard InChI is InChI=1S/C15H25N3O2/c1-5-11(2)18(3)9-8-17-15(19)12-6-7-14(20-4)13(16)10-12/h6-7,10-11H,5,8-9,16H2,1-4H3,(H,17,19). The number of anilines is 1. The molecule has 1 rings (SSSR count). The second-order valence-corrected chi connectivity index (χ2v) is 4.95. The first-order valence-corrected chi connectivity index (χ1v) is 6.91. The molecule has 1 aromatic rings. The predicted molar refractivity (Wildman–Crippen MR) is 82.1 cm³/mol. The molecule has 0 spiro atoms. The maximum absolute atomic E-state index is 12.0. The molecule has 0 saturated heterocycles. The number of nitrogen functional groups attached to an aromatic ring is 1. The maximum Gasteiger partial charge on any atom is 0.251 e. The Morgan fingerprint density at radius 2 is 2.20 bits per heavy atom. The molecule has 0 bridgehead atoms. The Hall–Kier alpha value is -1.75. The van der Waals surface area contributed by atoms with Gasteiger partial charge in [-0.25, -0.2) is 0 Å². The van der Waals surface area contributed by atoms with E-state index in [4.69, 9.17) is 10.5 Å². The van der Waals surface area contributed by atoms with Crippen LogP contribution in [0.25, 0.3) is 0 Å². The Bertz CT molecular complexity index is 449. The van der Waals surface area contributed by atoms with Gasteiger partial charge < -0.3 is 20.7 Å². The van der Waals surface area contributed by atoms with Crippen molar-refractivity contribution in [3.8, 4) is 5.75 Å². The van der Waals surface area contributed by atoms with Crippen molar-refractivity contribution in [1.29, 1.82) is 0 Å². The van der Waals surface area contributed by atoms with E-state index in [1.54, 1.807) is 25.3 Å². The molecule has 0 aliphatic heterocycles. The number of rotatable bonds is 7.